The molecule has 4 heterocycles. The summed E-state index contributed by atoms with van der Waals surface area (Å²) in [5.41, 5.74) is 8.62. The van der Waals surface area contributed by atoms with E-state index in [0.717, 1.165) is 71.6 Å². The topological polar surface area (TPSA) is 61.7 Å². The molecule has 8 aromatic carbocycles. The van der Waals surface area contributed by atoms with Crippen LogP contribution in [0.2, 0.25) is 0 Å². The van der Waals surface area contributed by atoms with Crippen molar-refractivity contribution in [3.05, 3.63) is 176 Å². The van der Waals surface area contributed by atoms with E-state index < -0.39 is 0 Å². The summed E-state index contributed by atoms with van der Waals surface area (Å²) in [7, 11) is 0. The predicted octanol–water partition coefficient (Wildman–Crippen LogP) is 12.5. The van der Waals surface area contributed by atoms with Gasteiger partial charge in [-0.05, 0) is 59.3 Å². The molecule has 0 amide bonds. The Labute approximate surface area is 314 Å². The van der Waals surface area contributed by atoms with Gasteiger partial charge in [-0.25, -0.2) is 4.98 Å². The number of benzene rings is 8. The van der Waals surface area contributed by atoms with Crippen LogP contribution in [-0.2, 0) is 0 Å². The van der Waals surface area contributed by atoms with E-state index >= 15 is 0 Å². The van der Waals surface area contributed by atoms with E-state index in [-0.39, 0.29) is 0 Å². The van der Waals surface area contributed by atoms with Gasteiger partial charge in [-0.1, -0.05) is 127 Å². The molecule has 6 nitrogen and oxygen atoms in total. The lowest BCUT2D eigenvalue weighted by Gasteiger charge is -2.13. The van der Waals surface area contributed by atoms with Gasteiger partial charge >= 0.3 is 0 Å². The number of fused-ring (bicyclic) bond motifs is 10. The summed E-state index contributed by atoms with van der Waals surface area (Å²) in [6.45, 7) is 0. The Morgan fingerprint density at radius 3 is 1.69 bits per heavy atom. The van der Waals surface area contributed by atoms with Crippen molar-refractivity contribution in [3.8, 4) is 34.4 Å². The van der Waals surface area contributed by atoms with Crippen LogP contribution in [0.15, 0.2) is 180 Å². The molecule has 0 bridgehead atoms. The molecule has 0 unspecified atom stereocenters. The van der Waals surface area contributed by atoms with Crippen molar-refractivity contribution in [2.75, 3.05) is 0 Å². The van der Waals surface area contributed by atoms with Crippen molar-refractivity contribution >= 4 is 76.3 Å². The van der Waals surface area contributed by atoms with Crippen LogP contribution in [0, 0.1) is 0 Å². The van der Waals surface area contributed by atoms with Crippen LogP contribution in [0.1, 0.15) is 0 Å². The van der Waals surface area contributed by atoms with Gasteiger partial charge in [-0.2, -0.15) is 9.97 Å². The molecule has 256 valence electrons. The average molecular weight is 704 g/mol. The van der Waals surface area contributed by atoms with Gasteiger partial charge in [-0.15, -0.1) is 0 Å². The molecule has 0 saturated carbocycles. The molecule has 12 aromatic rings. The predicted molar refractivity (Wildman–Crippen MR) is 224 cm³/mol. The number of hydrogen-bond acceptors (Lipinski definition) is 4. The highest BCUT2D eigenvalue weighted by molar-refractivity contribution is 6.18. The molecule has 0 atom stereocenters. The zero-order valence-corrected chi connectivity index (χ0v) is 29.4. The highest BCUT2D eigenvalue weighted by atomic mass is 16.3. The molecule has 12 rings (SSSR count). The number of nitrogens with zero attached hydrogens (tertiary/aromatic N) is 5. The van der Waals surface area contributed by atoms with E-state index in [9.17, 15) is 0 Å². The smallest absolute Gasteiger partial charge is 0.238 e. The zero-order chi connectivity index (χ0) is 36.0. The van der Waals surface area contributed by atoms with E-state index in [1.54, 1.807) is 0 Å². The fourth-order valence-corrected chi connectivity index (χ4v) is 8.53. The van der Waals surface area contributed by atoms with Crippen LogP contribution >= 0.6 is 0 Å². The van der Waals surface area contributed by atoms with E-state index in [4.69, 9.17) is 19.4 Å². The van der Waals surface area contributed by atoms with Crippen LogP contribution < -0.4 is 0 Å². The summed E-state index contributed by atoms with van der Waals surface area (Å²) in [6, 6.07) is 61.3. The van der Waals surface area contributed by atoms with Gasteiger partial charge in [0.1, 0.15) is 5.58 Å². The Morgan fingerprint density at radius 1 is 0.400 bits per heavy atom. The average Bonchev–Trinajstić information content (AvgIpc) is 3.91. The van der Waals surface area contributed by atoms with Crippen molar-refractivity contribution < 1.29 is 4.42 Å². The fourth-order valence-electron chi connectivity index (χ4n) is 8.53. The van der Waals surface area contributed by atoms with E-state index in [1.807, 2.05) is 42.5 Å². The Kier molecular flexibility index (Phi) is 6.24. The second-order valence-electron chi connectivity index (χ2n) is 14.0. The number of furan rings is 1. The lowest BCUT2D eigenvalue weighted by Crippen LogP contribution is -2.06. The first-order chi connectivity index (χ1) is 27.3. The SMILES string of the molecule is c1ccc(-c2nc(-c3ccc(-n4c5ccccc5c5cc6ccccc6cc54)c4oc5ccccc5c34)nc(-n3c4ccccc4c4ccccc43)n2)cc1. The maximum absolute atomic E-state index is 6.89. The van der Waals surface area contributed by atoms with Gasteiger partial charge in [0.05, 0.1) is 27.8 Å². The lowest BCUT2D eigenvalue weighted by molar-refractivity contribution is 0.666. The molecule has 0 aliphatic heterocycles. The molecule has 0 aliphatic rings. The van der Waals surface area contributed by atoms with Gasteiger partial charge in [0.2, 0.25) is 5.95 Å². The first-order valence-electron chi connectivity index (χ1n) is 18.5. The molecule has 0 fully saturated rings. The molecule has 6 heteroatoms. The van der Waals surface area contributed by atoms with Crippen molar-refractivity contribution in [1.82, 2.24) is 24.1 Å². The van der Waals surface area contributed by atoms with Crippen LogP contribution in [0.5, 0.6) is 0 Å². The van der Waals surface area contributed by atoms with E-state index in [0.29, 0.717) is 17.6 Å². The number of hydrogen-bond donors (Lipinski definition) is 0. The third-order valence-electron chi connectivity index (χ3n) is 11.0. The second kappa shape index (κ2) is 11.5. The Hall–Kier alpha value is -7.57. The summed E-state index contributed by atoms with van der Waals surface area (Å²) in [5.74, 6) is 1.73. The number of aromatic nitrogens is 5. The summed E-state index contributed by atoms with van der Waals surface area (Å²) in [4.78, 5) is 15.7. The quantitative estimate of drug-likeness (QED) is 0.183. The third-order valence-corrected chi connectivity index (χ3v) is 11.0. The Bertz CT molecular complexity index is 3450. The summed E-state index contributed by atoms with van der Waals surface area (Å²) < 4.78 is 11.4. The van der Waals surface area contributed by atoms with Crippen LogP contribution in [0.3, 0.4) is 0 Å². The fraction of sp³-hybridized carbons (Fsp3) is 0. The first kappa shape index (κ1) is 29.9. The highest BCUT2D eigenvalue weighted by Crippen LogP contribution is 2.43. The Morgan fingerprint density at radius 2 is 0.964 bits per heavy atom. The van der Waals surface area contributed by atoms with Crippen molar-refractivity contribution in [3.63, 3.8) is 0 Å². The zero-order valence-electron chi connectivity index (χ0n) is 29.4. The molecule has 55 heavy (non-hydrogen) atoms. The minimum Gasteiger partial charge on any atom is -0.454 e. The molecular weight excluding hydrogens is 675 g/mol. The minimum atomic E-state index is 0.556. The Balaban J connectivity index is 1.18. The maximum Gasteiger partial charge on any atom is 0.238 e. The van der Waals surface area contributed by atoms with Crippen molar-refractivity contribution in [1.29, 1.82) is 0 Å². The second-order valence-corrected chi connectivity index (χ2v) is 14.0. The van der Waals surface area contributed by atoms with Gasteiger partial charge < -0.3 is 8.98 Å². The van der Waals surface area contributed by atoms with Crippen LogP contribution in [-0.4, -0.2) is 24.1 Å². The van der Waals surface area contributed by atoms with Crippen molar-refractivity contribution in [2.45, 2.75) is 0 Å². The first-order valence-corrected chi connectivity index (χ1v) is 18.5. The highest BCUT2D eigenvalue weighted by Gasteiger charge is 2.24. The number of para-hydroxylation sites is 4. The van der Waals surface area contributed by atoms with Gasteiger partial charge in [0.15, 0.2) is 17.2 Å². The molecule has 0 spiro atoms. The molecule has 4 aromatic heterocycles. The van der Waals surface area contributed by atoms with Gasteiger partial charge in [-0.3, -0.25) is 4.57 Å². The van der Waals surface area contributed by atoms with Crippen LogP contribution in [0.4, 0.5) is 0 Å². The maximum atomic E-state index is 6.89. The van der Waals surface area contributed by atoms with Gasteiger partial charge in [0, 0.05) is 43.4 Å². The monoisotopic (exact) mass is 703 g/mol. The number of rotatable bonds is 4. The lowest BCUT2D eigenvalue weighted by atomic mass is 10.0. The van der Waals surface area contributed by atoms with Crippen molar-refractivity contribution in [2.24, 2.45) is 0 Å². The van der Waals surface area contributed by atoms with E-state index in [1.165, 1.54) is 21.5 Å². The summed E-state index contributed by atoms with van der Waals surface area (Å²) in [6.07, 6.45) is 0. The third kappa shape index (κ3) is 4.39. The summed E-state index contributed by atoms with van der Waals surface area (Å²) in [5, 5.41) is 9.04. The van der Waals surface area contributed by atoms with Gasteiger partial charge in [0.25, 0.3) is 0 Å². The molecule has 0 saturated heterocycles. The molecule has 0 aliphatic carbocycles. The molecule has 0 N–H and O–H groups in total. The molecular formula is C49H29N5O. The molecule has 0 radical (unpaired) electrons. The van der Waals surface area contributed by atoms with E-state index in [2.05, 4.69) is 143 Å². The largest absolute Gasteiger partial charge is 0.454 e. The standard InChI is InChI=1S/C49H29N5O/c1-2-14-30(15-3-1)47-50-48(52-49(51-47)54-40-23-11-6-18-33(40)34-19-7-12-24-41(34)54)37-26-27-42(46-45(37)36-21-9-13-25-44(36)55-46)53-39-22-10-8-20-35(39)38-28-31-16-4-5-17-32(31)29-43(38)53/h1-29H. The van der Waals surface area contributed by atoms with Crippen LogP contribution in [0.25, 0.3) is 111 Å². The summed E-state index contributed by atoms with van der Waals surface area (Å²) >= 11 is 0. The normalized spacial score (nSPS) is 12.0. The minimum absolute atomic E-state index is 0.556.